The third-order valence-corrected chi connectivity index (χ3v) is 6.11. The summed E-state index contributed by atoms with van der Waals surface area (Å²) in [7, 11) is 1.83. The van der Waals surface area contributed by atoms with Crippen LogP contribution < -0.4 is 15.4 Å². The molecule has 0 bridgehead atoms. The van der Waals surface area contributed by atoms with Gasteiger partial charge in [0.1, 0.15) is 5.75 Å². The second-order valence-electron chi connectivity index (χ2n) is 7.96. The van der Waals surface area contributed by atoms with Gasteiger partial charge in [-0.1, -0.05) is 35.3 Å². The molecule has 32 heavy (non-hydrogen) atoms. The van der Waals surface area contributed by atoms with E-state index in [1.807, 2.05) is 37.4 Å². The maximum absolute atomic E-state index is 12.6. The largest absolute Gasteiger partial charge is 0.493 e. The number of hydrogen-bond acceptors (Lipinski definition) is 4. The zero-order valence-electron chi connectivity index (χ0n) is 17.9. The molecule has 2 aromatic carbocycles. The fourth-order valence-electron chi connectivity index (χ4n) is 3.94. The summed E-state index contributed by atoms with van der Waals surface area (Å²) in [6.45, 7) is 1.67. The van der Waals surface area contributed by atoms with Crippen LogP contribution >= 0.6 is 23.2 Å². The molecule has 2 heterocycles. The van der Waals surface area contributed by atoms with Crippen molar-refractivity contribution in [3.8, 4) is 17.0 Å². The first-order valence-corrected chi connectivity index (χ1v) is 11.5. The highest BCUT2D eigenvalue weighted by Crippen LogP contribution is 2.36. The lowest BCUT2D eigenvalue weighted by atomic mass is 10.1. The van der Waals surface area contributed by atoms with Crippen LogP contribution in [0.25, 0.3) is 11.3 Å². The first kappa shape index (κ1) is 22.6. The summed E-state index contributed by atoms with van der Waals surface area (Å²) in [5.41, 5.74) is 3.09. The van der Waals surface area contributed by atoms with Crippen LogP contribution in [0, 0.1) is 0 Å². The highest BCUT2D eigenvalue weighted by Gasteiger charge is 2.18. The fraction of sp³-hybridized carbons (Fsp3) is 0.333. The van der Waals surface area contributed by atoms with Gasteiger partial charge in [-0.15, -0.1) is 0 Å². The highest BCUT2D eigenvalue weighted by atomic mass is 35.5. The van der Waals surface area contributed by atoms with Gasteiger partial charge in [0.25, 0.3) is 0 Å². The number of ether oxygens (including phenoxy) is 1. The number of rotatable bonds is 8. The maximum atomic E-state index is 12.6. The molecule has 6 nitrogen and oxygen atoms in total. The summed E-state index contributed by atoms with van der Waals surface area (Å²) in [4.78, 5) is 12.6. The first-order valence-electron chi connectivity index (χ1n) is 10.7. The van der Waals surface area contributed by atoms with Gasteiger partial charge in [0.2, 0.25) is 5.91 Å². The van der Waals surface area contributed by atoms with Crippen molar-refractivity contribution in [3.05, 3.63) is 64.3 Å². The van der Waals surface area contributed by atoms with Crippen molar-refractivity contribution in [2.45, 2.75) is 31.7 Å². The molecule has 1 unspecified atom stereocenters. The van der Waals surface area contributed by atoms with E-state index >= 15 is 0 Å². The van der Waals surface area contributed by atoms with E-state index in [0.717, 1.165) is 29.8 Å². The van der Waals surface area contributed by atoms with E-state index in [1.165, 1.54) is 12.8 Å². The number of amides is 1. The molecule has 2 N–H and O–H groups in total. The summed E-state index contributed by atoms with van der Waals surface area (Å²) in [5, 5.41) is 11.9. The molecule has 0 spiro atoms. The summed E-state index contributed by atoms with van der Waals surface area (Å²) >= 11 is 12.3. The minimum Gasteiger partial charge on any atom is -0.493 e. The van der Waals surface area contributed by atoms with Crippen LogP contribution in [0.4, 0.5) is 5.69 Å². The molecule has 1 aliphatic heterocycles. The van der Waals surface area contributed by atoms with Crippen LogP contribution in [0.15, 0.2) is 48.7 Å². The second kappa shape index (κ2) is 10.4. The van der Waals surface area contributed by atoms with E-state index in [4.69, 9.17) is 27.9 Å². The van der Waals surface area contributed by atoms with E-state index in [0.29, 0.717) is 34.1 Å². The van der Waals surface area contributed by atoms with E-state index in [9.17, 15) is 4.79 Å². The number of nitrogens with one attached hydrogen (secondary N) is 2. The molecule has 1 amide bonds. The Morgan fingerprint density at radius 3 is 2.75 bits per heavy atom. The van der Waals surface area contributed by atoms with Gasteiger partial charge in [0.05, 0.1) is 29.9 Å². The van der Waals surface area contributed by atoms with Crippen molar-refractivity contribution in [3.63, 3.8) is 0 Å². The molecule has 1 fully saturated rings. The number of aryl methyl sites for hydroxylation is 1. The smallest absolute Gasteiger partial charge is 0.228 e. The van der Waals surface area contributed by atoms with Gasteiger partial charge in [0.15, 0.2) is 0 Å². The number of halogens is 2. The van der Waals surface area contributed by atoms with Gasteiger partial charge in [-0.3, -0.25) is 9.48 Å². The third kappa shape index (κ3) is 5.63. The van der Waals surface area contributed by atoms with Gasteiger partial charge >= 0.3 is 0 Å². The van der Waals surface area contributed by atoms with Crippen molar-refractivity contribution in [1.82, 2.24) is 15.1 Å². The average molecular weight is 473 g/mol. The zero-order chi connectivity index (χ0) is 22.5. The molecule has 3 aromatic rings. The van der Waals surface area contributed by atoms with Gasteiger partial charge in [-0.2, -0.15) is 5.10 Å². The number of hydrogen-bond donors (Lipinski definition) is 2. The number of nitrogens with zero attached hydrogens (tertiary/aromatic N) is 2. The third-order valence-electron chi connectivity index (χ3n) is 5.58. The summed E-state index contributed by atoms with van der Waals surface area (Å²) in [6.07, 6.45) is 5.20. The van der Waals surface area contributed by atoms with Gasteiger partial charge in [-0.05, 0) is 61.7 Å². The van der Waals surface area contributed by atoms with Crippen LogP contribution in [0.5, 0.6) is 5.75 Å². The van der Waals surface area contributed by atoms with Crippen LogP contribution in [-0.2, 0) is 18.3 Å². The van der Waals surface area contributed by atoms with E-state index in [-0.39, 0.29) is 12.3 Å². The first-order chi connectivity index (χ1) is 15.5. The molecule has 4 rings (SSSR count). The molecule has 1 aliphatic rings. The molecule has 1 atom stereocenters. The molecule has 0 aliphatic carbocycles. The molecule has 8 heteroatoms. The summed E-state index contributed by atoms with van der Waals surface area (Å²) < 4.78 is 7.85. The fourth-order valence-corrected chi connectivity index (χ4v) is 4.33. The standard InChI is InChI=1S/C24H26Cl2N4O2/c1-30-24(21(26)15-28-30)20-14-19(29-23(31)13-16-4-6-17(25)7-5-16)8-9-22(20)32-12-10-18-3-2-11-27-18/h4-9,14-15,18,27H,2-3,10-13H2,1H3,(H,29,31). The van der Waals surface area contributed by atoms with Crippen LogP contribution in [0.1, 0.15) is 24.8 Å². The molecular weight excluding hydrogens is 447 g/mol. The Balaban J connectivity index is 1.51. The quantitative estimate of drug-likeness (QED) is 0.478. The topological polar surface area (TPSA) is 68.2 Å². The van der Waals surface area contributed by atoms with Crippen LogP contribution in [-0.4, -0.2) is 34.9 Å². The Bertz CT molecular complexity index is 1060. The lowest BCUT2D eigenvalue weighted by Gasteiger charge is -2.16. The van der Waals surface area contributed by atoms with Crippen LogP contribution in [0.2, 0.25) is 10.0 Å². The molecule has 0 radical (unpaired) electrons. The minimum absolute atomic E-state index is 0.115. The number of carbonyl (C=O) groups is 1. The molecular formula is C24H26Cl2N4O2. The number of benzene rings is 2. The van der Waals surface area contributed by atoms with Crippen molar-refractivity contribution >= 4 is 34.8 Å². The van der Waals surface area contributed by atoms with Gasteiger partial charge in [-0.25, -0.2) is 0 Å². The Morgan fingerprint density at radius 2 is 2.06 bits per heavy atom. The van der Waals surface area contributed by atoms with Gasteiger partial charge < -0.3 is 15.4 Å². The predicted molar refractivity (Wildman–Crippen MR) is 129 cm³/mol. The number of anilines is 1. The summed E-state index contributed by atoms with van der Waals surface area (Å²) in [5.74, 6) is 0.597. The normalized spacial score (nSPS) is 15.7. The lowest BCUT2D eigenvalue weighted by molar-refractivity contribution is -0.115. The highest BCUT2D eigenvalue weighted by molar-refractivity contribution is 6.33. The number of carbonyl (C=O) groups excluding carboxylic acids is 1. The van der Waals surface area contributed by atoms with Crippen molar-refractivity contribution in [1.29, 1.82) is 0 Å². The maximum Gasteiger partial charge on any atom is 0.228 e. The van der Waals surface area contributed by atoms with Crippen molar-refractivity contribution < 1.29 is 9.53 Å². The molecule has 168 valence electrons. The summed E-state index contributed by atoms with van der Waals surface area (Å²) in [6, 6.07) is 13.4. The molecule has 1 saturated heterocycles. The van der Waals surface area contributed by atoms with Crippen molar-refractivity contribution in [2.75, 3.05) is 18.5 Å². The van der Waals surface area contributed by atoms with E-state index in [1.54, 1.807) is 23.0 Å². The average Bonchev–Trinajstić information content (AvgIpc) is 3.40. The van der Waals surface area contributed by atoms with E-state index < -0.39 is 0 Å². The Kier molecular flexibility index (Phi) is 7.35. The molecule has 0 saturated carbocycles. The number of aromatic nitrogens is 2. The van der Waals surface area contributed by atoms with Crippen LogP contribution in [0.3, 0.4) is 0 Å². The predicted octanol–water partition coefficient (Wildman–Crippen LogP) is 5.10. The molecule has 1 aromatic heterocycles. The van der Waals surface area contributed by atoms with Gasteiger partial charge in [0, 0.05) is 29.4 Å². The lowest BCUT2D eigenvalue weighted by Crippen LogP contribution is -2.23. The SMILES string of the molecule is Cn1ncc(Cl)c1-c1cc(NC(=O)Cc2ccc(Cl)cc2)ccc1OCCC1CCCN1. The Morgan fingerprint density at radius 1 is 1.25 bits per heavy atom. The zero-order valence-corrected chi connectivity index (χ0v) is 19.4. The second-order valence-corrected chi connectivity index (χ2v) is 8.80. The Hall–Kier alpha value is -2.54. The van der Waals surface area contributed by atoms with Crippen molar-refractivity contribution in [2.24, 2.45) is 7.05 Å². The monoisotopic (exact) mass is 472 g/mol. The van der Waals surface area contributed by atoms with E-state index in [2.05, 4.69) is 15.7 Å². The Labute approximate surface area is 197 Å². The minimum atomic E-state index is -0.115.